The molecule has 0 aromatic rings. The molecule has 3 nitrogen and oxygen atoms in total. The molecule has 2 heterocycles. The zero-order chi connectivity index (χ0) is 10.8. The van der Waals surface area contributed by atoms with Crippen LogP contribution in [-0.4, -0.2) is 34.6 Å². The Morgan fingerprint density at radius 1 is 1.53 bits per heavy atom. The number of carbonyl (C=O) groups excluding carboxylic acids is 1. The maximum absolute atomic E-state index is 11.8. The number of aliphatic hydroxyl groups excluding tert-OH is 1. The molecule has 0 aliphatic carbocycles. The van der Waals surface area contributed by atoms with Crippen LogP contribution in [0.1, 0.15) is 32.1 Å². The predicted octanol–water partition coefficient (Wildman–Crippen LogP) is 1.32. The van der Waals surface area contributed by atoms with Crippen molar-refractivity contribution in [3.05, 3.63) is 12.7 Å². The largest absolute Gasteiger partial charge is 0.391 e. The molecule has 0 bridgehead atoms. The van der Waals surface area contributed by atoms with Crippen LogP contribution in [-0.2, 0) is 4.79 Å². The number of rotatable bonds is 2. The Labute approximate surface area is 90.8 Å². The molecule has 2 saturated heterocycles. The quantitative estimate of drug-likeness (QED) is 0.697. The molecule has 0 aromatic heterocycles. The first-order chi connectivity index (χ1) is 7.24. The maximum atomic E-state index is 11.8. The van der Waals surface area contributed by atoms with Crippen LogP contribution < -0.4 is 0 Å². The Morgan fingerprint density at radius 2 is 2.33 bits per heavy atom. The second-order valence-corrected chi connectivity index (χ2v) is 4.61. The number of hydrogen-bond donors (Lipinski definition) is 1. The van der Waals surface area contributed by atoms with Crippen LogP contribution in [0, 0.1) is 5.92 Å². The van der Waals surface area contributed by atoms with Gasteiger partial charge in [-0.2, -0.15) is 0 Å². The monoisotopic (exact) mass is 209 g/mol. The number of hydrogen-bond acceptors (Lipinski definition) is 2. The second-order valence-electron chi connectivity index (χ2n) is 4.61. The van der Waals surface area contributed by atoms with Crippen LogP contribution in [0.25, 0.3) is 0 Å². The lowest BCUT2D eigenvalue weighted by atomic mass is 9.89. The van der Waals surface area contributed by atoms with Gasteiger partial charge in [0.2, 0.25) is 5.91 Å². The van der Waals surface area contributed by atoms with Crippen molar-refractivity contribution >= 4 is 5.91 Å². The van der Waals surface area contributed by atoms with E-state index < -0.39 is 0 Å². The Balaban J connectivity index is 2.18. The summed E-state index contributed by atoms with van der Waals surface area (Å²) in [5.74, 6) is 0.634. The van der Waals surface area contributed by atoms with E-state index >= 15 is 0 Å². The number of aliphatic hydroxyl groups is 1. The van der Waals surface area contributed by atoms with Crippen molar-refractivity contribution in [1.82, 2.24) is 4.90 Å². The maximum Gasteiger partial charge on any atom is 0.222 e. The smallest absolute Gasteiger partial charge is 0.222 e. The summed E-state index contributed by atoms with van der Waals surface area (Å²) in [6.45, 7) is 4.49. The Bertz CT molecular complexity index is 264. The van der Waals surface area contributed by atoms with Gasteiger partial charge in [0.05, 0.1) is 12.1 Å². The highest BCUT2D eigenvalue weighted by Gasteiger charge is 2.41. The molecule has 3 heteroatoms. The van der Waals surface area contributed by atoms with Crippen LogP contribution in [0.2, 0.25) is 0 Å². The minimum atomic E-state index is -0.322. The van der Waals surface area contributed by atoms with Gasteiger partial charge in [0, 0.05) is 13.0 Å². The van der Waals surface area contributed by atoms with Gasteiger partial charge in [-0.3, -0.25) is 4.79 Å². The van der Waals surface area contributed by atoms with Gasteiger partial charge < -0.3 is 10.0 Å². The van der Waals surface area contributed by atoms with Gasteiger partial charge in [0.1, 0.15) is 0 Å². The third-order valence-corrected chi connectivity index (χ3v) is 3.66. The van der Waals surface area contributed by atoms with Gasteiger partial charge >= 0.3 is 0 Å². The van der Waals surface area contributed by atoms with Crippen LogP contribution in [0.15, 0.2) is 12.7 Å². The fraction of sp³-hybridized carbons (Fsp3) is 0.750. The van der Waals surface area contributed by atoms with E-state index in [2.05, 4.69) is 6.58 Å². The van der Waals surface area contributed by atoms with Gasteiger partial charge in [-0.1, -0.05) is 6.08 Å². The van der Waals surface area contributed by atoms with Crippen molar-refractivity contribution in [2.75, 3.05) is 6.54 Å². The molecule has 2 fully saturated rings. The zero-order valence-electron chi connectivity index (χ0n) is 9.06. The minimum absolute atomic E-state index is 0.0537. The molecule has 0 unspecified atom stereocenters. The summed E-state index contributed by atoms with van der Waals surface area (Å²) in [6, 6.07) is 0.0537. The first-order valence-electron chi connectivity index (χ1n) is 5.82. The number of carbonyl (C=O) groups is 1. The van der Waals surface area contributed by atoms with Crippen molar-refractivity contribution in [2.45, 2.75) is 44.2 Å². The fourth-order valence-electron chi connectivity index (χ4n) is 2.96. The Hall–Kier alpha value is -0.830. The third-order valence-electron chi connectivity index (χ3n) is 3.66. The van der Waals surface area contributed by atoms with E-state index in [0.29, 0.717) is 12.3 Å². The zero-order valence-corrected chi connectivity index (χ0v) is 9.06. The van der Waals surface area contributed by atoms with E-state index in [0.717, 1.165) is 32.2 Å². The van der Waals surface area contributed by atoms with E-state index in [1.807, 2.05) is 11.0 Å². The molecular weight excluding hydrogens is 190 g/mol. The van der Waals surface area contributed by atoms with Crippen LogP contribution in [0.3, 0.4) is 0 Å². The van der Waals surface area contributed by atoms with Crippen molar-refractivity contribution < 1.29 is 9.90 Å². The fourth-order valence-corrected chi connectivity index (χ4v) is 2.96. The predicted molar refractivity (Wildman–Crippen MR) is 58.3 cm³/mol. The Morgan fingerprint density at radius 3 is 3.07 bits per heavy atom. The highest BCUT2D eigenvalue weighted by Crippen LogP contribution is 2.33. The summed E-state index contributed by atoms with van der Waals surface area (Å²) in [5.41, 5.74) is 0. The second kappa shape index (κ2) is 4.35. The van der Waals surface area contributed by atoms with Crippen molar-refractivity contribution in [2.24, 2.45) is 5.92 Å². The molecule has 0 radical (unpaired) electrons. The first kappa shape index (κ1) is 10.7. The van der Waals surface area contributed by atoms with Crippen LogP contribution >= 0.6 is 0 Å². The summed E-state index contributed by atoms with van der Waals surface area (Å²) in [7, 11) is 0. The summed E-state index contributed by atoms with van der Waals surface area (Å²) in [4.78, 5) is 13.7. The molecule has 15 heavy (non-hydrogen) atoms. The molecule has 1 N–H and O–H groups in total. The van der Waals surface area contributed by atoms with Gasteiger partial charge in [0.15, 0.2) is 0 Å². The summed E-state index contributed by atoms with van der Waals surface area (Å²) < 4.78 is 0. The number of nitrogens with zero attached hydrogens (tertiary/aromatic N) is 1. The number of fused-ring (bicyclic) bond motifs is 1. The number of amides is 1. The summed E-state index contributed by atoms with van der Waals surface area (Å²) in [5, 5.41) is 9.94. The summed E-state index contributed by atoms with van der Waals surface area (Å²) >= 11 is 0. The molecule has 0 spiro atoms. The normalized spacial score (nSPS) is 36.2. The highest BCUT2D eigenvalue weighted by molar-refractivity contribution is 5.77. The molecule has 2 aliphatic rings. The van der Waals surface area contributed by atoms with Crippen molar-refractivity contribution in [3.63, 3.8) is 0 Å². The van der Waals surface area contributed by atoms with E-state index in [-0.39, 0.29) is 18.1 Å². The molecular formula is C12H19NO2. The van der Waals surface area contributed by atoms with E-state index in [4.69, 9.17) is 0 Å². The Kier molecular flexibility index (Phi) is 3.10. The standard InChI is InChI=1S/C12H19NO2/c1-2-4-9-5-3-6-11(15)13-8-7-10(14)12(9)13/h2,9-10,12,14H,1,3-8H2/t9-,10+,12-/m1/s1. The number of allylic oxidation sites excluding steroid dienone is 1. The average molecular weight is 209 g/mol. The van der Waals surface area contributed by atoms with Gasteiger partial charge in [-0.15, -0.1) is 6.58 Å². The van der Waals surface area contributed by atoms with Crippen molar-refractivity contribution in [3.8, 4) is 0 Å². The molecule has 1 amide bonds. The van der Waals surface area contributed by atoms with E-state index in [9.17, 15) is 9.90 Å². The molecule has 2 rings (SSSR count). The highest BCUT2D eigenvalue weighted by atomic mass is 16.3. The third kappa shape index (κ3) is 1.93. The van der Waals surface area contributed by atoms with Crippen molar-refractivity contribution in [1.29, 1.82) is 0 Å². The lowest BCUT2D eigenvalue weighted by Crippen LogP contribution is -2.42. The van der Waals surface area contributed by atoms with Crippen LogP contribution in [0.4, 0.5) is 0 Å². The van der Waals surface area contributed by atoms with E-state index in [1.165, 1.54) is 0 Å². The van der Waals surface area contributed by atoms with Gasteiger partial charge in [0.25, 0.3) is 0 Å². The average Bonchev–Trinajstić information content (AvgIpc) is 2.51. The van der Waals surface area contributed by atoms with Crippen LogP contribution in [0.5, 0.6) is 0 Å². The molecule has 3 atom stereocenters. The lowest BCUT2D eigenvalue weighted by Gasteiger charge is -2.30. The molecule has 84 valence electrons. The minimum Gasteiger partial charge on any atom is -0.391 e. The van der Waals surface area contributed by atoms with E-state index in [1.54, 1.807) is 0 Å². The topological polar surface area (TPSA) is 40.5 Å². The van der Waals surface area contributed by atoms with Gasteiger partial charge in [-0.05, 0) is 31.6 Å². The SMILES string of the molecule is C=CC[C@@H]1CCCC(=O)N2CC[C@H](O)[C@@H]12. The van der Waals surface area contributed by atoms with Gasteiger partial charge in [-0.25, -0.2) is 0 Å². The molecule has 0 saturated carbocycles. The molecule has 2 aliphatic heterocycles. The first-order valence-corrected chi connectivity index (χ1v) is 5.82. The molecule has 0 aromatic carbocycles. The summed E-state index contributed by atoms with van der Waals surface area (Å²) in [6.07, 6.45) is 5.88. The lowest BCUT2D eigenvalue weighted by molar-refractivity contribution is -0.132.